The van der Waals surface area contributed by atoms with Crippen LogP contribution in [0.25, 0.3) is 0 Å². The number of hydrogen-bond donors (Lipinski definition) is 3. The molecule has 0 spiro atoms. The molecule has 0 unspecified atom stereocenters. The van der Waals surface area contributed by atoms with Crippen LogP contribution in [0.3, 0.4) is 0 Å². The highest BCUT2D eigenvalue weighted by Crippen LogP contribution is 2.29. The van der Waals surface area contributed by atoms with E-state index < -0.39 is 23.5 Å². The molecule has 0 fully saturated rings. The lowest BCUT2D eigenvalue weighted by molar-refractivity contribution is -0.136. The molecule has 3 rings (SSSR count). The summed E-state index contributed by atoms with van der Waals surface area (Å²) in [5, 5.41) is 8.99. The molecular formula is C24H19Cl2FN4O5. The first-order chi connectivity index (χ1) is 17.3. The minimum Gasteiger partial charge on any atom is -0.493 e. The highest BCUT2D eigenvalue weighted by atomic mass is 35.5. The molecule has 36 heavy (non-hydrogen) atoms. The number of benzene rings is 3. The first-order valence-corrected chi connectivity index (χ1v) is 11.0. The van der Waals surface area contributed by atoms with Gasteiger partial charge in [-0.1, -0.05) is 29.3 Å². The van der Waals surface area contributed by atoms with E-state index in [2.05, 4.69) is 21.2 Å². The minimum atomic E-state index is -1.03. The highest BCUT2D eigenvalue weighted by Gasteiger charge is 2.15. The number of carbonyl (C=O) groups excluding carboxylic acids is 3. The van der Waals surface area contributed by atoms with E-state index in [0.29, 0.717) is 17.0 Å². The number of methoxy groups -OCH3 is 1. The molecule has 0 atom stereocenters. The molecule has 3 aromatic rings. The van der Waals surface area contributed by atoms with Gasteiger partial charge in [0.2, 0.25) is 0 Å². The molecule has 0 aliphatic heterocycles. The van der Waals surface area contributed by atoms with Crippen molar-refractivity contribution >= 4 is 58.5 Å². The molecule has 0 heterocycles. The van der Waals surface area contributed by atoms with E-state index >= 15 is 0 Å². The molecule has 3 aromatic carbocycles. The van der Waals surface area contributed by atoms with Crippen molar-refractivity contribution in [3.63, 3.8) is 0 Å². The number of hydrazone groups is 1. The SMILES string of the molecule is COc1cc(/C=N\NC(=O)C(=O)Nc2cccc(Cl)c2Cl)ccc1OCC(=O)Nc1ccc(F)cc1. The third-order valence-electron chi connectivity index (χ3n) is 4.46. The molecule has 0 radical (unpaired) electrons. The van der Waals surface area contributed by atoms with Crippen LogP contribution in [-0.2, 0) is 14.4 Å². The number of nitrogens with one attached hydrogen (secondary N) is 3. The molecule has 3 N–H and O–H groups in total. The number of halogens is 3. The standard InChI is InChI=1S/C24H19Cl2FN4O5/c1-35-20-11-14(5-10-19(20)36-13-21(32)29-16-8-6-15(27)7-9-16)12-28-31-24(34)23(33)30-18-4-2-3-17(25)22(18)26/h2-12H,13H2,1H3,(H,29,32)(H,30,33)(H,31,34)/b28-12-. The lowest BCUT2D eigenvalue weighted by atomic mass is 10.2. The predicted molar refractivity (Wildman–Crippen MR) is 134 cm³/mol. The zero-order chi connectivity index (χ0) is 26.1. The molecule has 12 heteroatoms. The lowest BCUT2D eigenvalue weighted by Gasteiger charge is -2.11. The first kappa shape index (κ1) is 26.5. The molecule has 3 amide bonds. The Morgan fingerprint density at radius 1 is 0.972 bits per heavy atom. The van der Waals surface area contributed by atoms with Crippen LogP contribution in [-0.4, -0.2) is 37.7 Å². The summed E-state index contributed by atoms with van der Waals surface area (Å²) in [5.74, 6) is -2.30. The summed E-state index contributed by atoms with van der Waals surface area (Å²) >= 11 is 11.9. The van der Waals surface area contributed by atoms with Crippen LogP contribution in [0.5, 0.6) is 11.5 Å². The fraction of sp³-hybridized carbons (Fsp3) is 0.0833. The molecule has 0 bridgehead atoms. The van der Waals surface area contributed by atoms with Crippen LogP contribution in [0, 0.1) is 5.82 Å². The van der Waals surface area contributed by atoms with Crippen molar-refractivity contribution in [1.29, 1.82) is 0 Å². The van der Waals surface area contributed by atoms with Gasteiger partial charge in [-0.25, -0.2) is 9.82 Å². The van der Waals surface area contributed by atoms with Gasteiger partial charge in [0.05, 0.1) is 29.1 Å². The Morgan fingerprint density at radius 2 is 1.72 bits per heavy atom. The number of amides is 3. The van der Waals surface area contributed by atoms with Crippen LogP contribution in [0.15, 0.2) is 65.8 Å². The zero-order valence-electron chi connectivity index (χ0n) is 18.7. The van der Waals surface area contributed by atoms with Gasteiger partial charge >= 0.3 is 11.8 Å². The second kappa shape index (κ2) is 12.5. The van der Waals surface area contributed by atoms with Crippen LogP contribution in [0.2, 0.25) is 10.0 Å². The second-order valence-electron chi connectivity index (χ2n) is 7.01. The lowest BCUT2D eigenvalue weighted by Crippen LogP contribution is -2.32. The number of anilines is 2. The Kier molecular flexibility index (Phi) is 9.20. The van der Waals surface area contributed by atoms with Crippen LogP contribution in [0.1, 0.15) is 5.56 Å². The predicted octanol–water partition coefficient (Wildman–Crippen LogP) is 4.25. The Labute approximate surface area is 215 Å². The quantitative estimate of drug-likeness (QED) is 0.227. The summed E-state index contributed by atoms with van der Waals surface area (Å²) in [6.45, 7) is -0.316. The number of ether oxygens (including phenoxy) is 2. The molecule has 0 aromatic heterocycles. The van der Waals surface area contributed by atoms with Crippen LogP contribution in [0.4, 0.5) is 15.8 Å². The smallest absolute Gasteiger partial charge is 0.329 e. The number of carbonyl (C=O) groups is 3. The topological polar surface area (TPSA) is 118 Å². The minimum absolute atomic E-state index is 0.103. The Balaban J connectivity index is 1.53. The maximum absolute atomic E-state index is 13.0. The van der Waals surface area contributed by atoms with Gasteiger partial charge in [0.15, 0.2) is 18.1 Å². The van der Waals surface area contributed by atoms with Crippen LogP contribution < -0.4 is 25.5 Å². The van der Waals surface area contributed by atoms with Crippen molar-refractivity contribution < 1.29 is 28.2 Å². The maximum atomic E-state index is 13.0. The normalized spacial score (nSPS) is 10.6. The van der Waals surface area contributed by atoms with Gasteiger partial charge in [-0.15, -0.1) is 0 Å². The number of hydrogen-bond acceptors (Lipinski definition) is 6. The van der Waals surface area contributed by atoms with Crippen molar-refractivity contribution in [1.82, 2.24) is 5.43 Å². The van der Waals surface area contributed by atoms with E-state index in [9.17, 15) is 18.8 Å². The van der Waals surface area contributed by atoms with E-state index in [0.717, 1.165) is 0 Å². The Morgan fingerprint density at radius 3 is 2.44 bits per heavy atom. The van der Waals surface area contributed by atoms with Crippen molar-refractivity contribution in [2.75, 3.05) is 24.4 Å². The van der Waals surface area contributed by atoms with Crippen molar-refractivity contribution in [2.24, 2.45) is 5.10 Å². The fourth-order valence-corrected chi connectivity index (χ4v) is 3.10. The summed E-state index contributed by atoms with van der Waals surface area (Å²) in [5.41, 5.74) is 3.21. The van der Waals surface area contributed by atoms with E-state index in [1.54, 1.807) is 24.3 Å². The number of nitrogens with zero attached hydrogens (tertiary/aromatic N) is 1. The average molecular weight is 533 g/mol. The number of rotatable bonds is 8. The van der Waals surface area contributed by atoms with Gasteiger partial charge in [-0.2, -0.15) is 5.10 Å². The van der Waals surface area contributed by atoms with Crippen molar-refractivity contribution in [3.8, 4) is 11.5 Å². The molecule has 186 valence electrons. The van der Waals surface area contributed by atoms with E-state index in [4.69, 9.17) is 32.7 Å². The average Bonchev–Trinajstić information content (AvgIpc) is 2.87. The van der Waals surface area contributed by atoms with Gasteiger partial charge in [0.25, 0.3) is 5.91 Å². The molecule has 0 aliphatic carbocycles. The summed E-state index contributed by atoms with van der Waals surface area (Å²) in [4.78, 5) is 36.1. The van der Waals surface area contributed by atoms with E-state index in [-0.39, 0.29) is 28.1 Å². The van der Waals surface area contributed by atoms with Gasteiger partial charge in [-0.05, 0) is 60.2 Å². The largest absolute Gasteiger partial charge is 0.493 e. The third kappa shape index (κ3) is 7.42. The van der Waals surface area contributed by atoms with Gasteiger partial charge in [0, 0.05) is 5.69 Å². The third-order valence-corrected chi connectivity index (χ3v) is 5.28. The van der Waals surface area contributed by atoms with Crippen molar-refractivity contribution in [2.45, 2.75) is 0 Å². The zero-order valence-corrected chi connectivity index (χ0v) is 20.2. The molecular weight excluding hydrogens is 514 g/mol. The monoisotopic (exact) mass is 532 g/mol. The van der Waals surface area contributed by atoms with E-state index in [1.165, 1.54) is 49.7 Å². The van der Waals surface area contributed by atoms with Gasteiger partial charge in [-0.3, -0.25) is 14.4 Å². The van der Waals surface area contributed by atoms with Gasteiger partial charge in [0.1, 0.15) is 5.82 Å². The molecule has 0 aliphatic rings. The summed E-state index contributed by atoms with van der Waals surface area (Å²) < 4.78 is 23.7. The fourth-order valence-electron chi connectivity index (χ4n) is 2.75. The van der Waals surface area contributed by atoms with Gasteiger partial charge < -0.3 is 20.1 Å². The maximum Gasteiger partial charge on any atom is 0.329 e. The van der Waals surface area contributed by atoms with Crippen LogP contribution >= 0.6 is 23.2 Å². The summed E-state index contributed by atoms with van der Waals surface area (Å²) in [6, 6.07) is 14.6. The Hall–Kier alpha value is -4.15. The molecule has 0 saturated heterocycles. The highest BCUT2D eigenvalue weighted by molar-refractivity contribution is 6.45. The Bertz CT molecular complexity index is 1300. The van der Waals surface area contributed by atoms with E-state index in [1.807, 2.05) is 0 Å². The van der Waals surface area contributed by atoms with Crippen molar-refractivity contribution in [3.05, 3.63) is 82.1 Å². The first-order valence-electron chi connectivity index (χ1n) is 10.2. The summed E-state index contributed by atoms with van der Waals surface area (Å²) in [7, 11) is 1.41. The summed E-state index contributed by atoms with van der Waals surface area (Å²) in [6.07, 6.45) is 1.28. The molecule has 0 saturated carbocycles. The second-order valence-corrected chi connectivity index (χ2v) is 7.79. The molecule has 9 nitrogen and oxygen atoms in total.